The highest BCUT2D eigenvalue weighted by Gasteiger charge is 2.49. The van der Waals surface area contributed by atoms with Gasteiger partial charge >= 0.3 is 0 Å². The van der Waals surface area contributed by atoms with E-state index in [1.165, 1.54) is 29.5 Å². The fourth-order valence-electron chi connectivity index (χ4n) is 2.87. The van der Waals surface area contributed by atoms with Crippen LogP contribution >= 0.6 is 0 Å². The molecular formula is C14H19NO2. The maximum absolute atomic E-state index is 6.15. The third-order valence-electron chi connectivity index (χ3n) is 4.23. The highest BCUT2D eigenvalue weighted by Crippen LogP contribution is 2.54. The van der Waals surface area contributed by atoms with E-state index in [0.29, 0.717) is 6.61 Å². The topological polar surface area (TPSA) is 44.5 Å². The lowest BCUT2D eigenvalue weighted by Crippen LogP contribution is -2.32. The lowest BCUT2D eigenvalue weighted by molar-refractivity contribution is 0.134. The minimum atomic E-state index is 0.142. The Kier molecular flexibility index (Phi) is 2.42. The molecule has 1 aromatic rings. The van der Waals surface area contributed by atoms with Crippen LogP contribution in [0.25, 0.3) is 0 Å². The van der Waals surface area contributed by atoms with Crippen molar-refractivity contribution in [3.63, 3.8) is 0 Å². The Bertz CT molecular complexity index is 450. The Hall–Kier alpha value is -1.06. The molecule has 1 saturated carbocycles. The third kappa shape index (κ3) is 1.57. The van der Waals surface area contributed by atoms with Crippen molar-refractivity contribution in [3.05, 3.63) is 28.8 Å². The van der Waals surface area contributed by atoms with Crippen LogP contribution in [-0.4, -0.2) is 13.2 Å². The molecule has 1 aliphatic carbocycles. The Morgan fingerprint density at radius 3 is 2.47 bits per heavy atom. The van der Waals surface area contributed by atoms with Gasteiger partial charge in [-0.2, -0.15) is 0 Å². The lowest BCUT2D eigenvalue weighted by atomic mass is 9.87. The SMILES string of the molecule is COc1cc2c(cc1C1(C(C)N)CC1)COC2. The Morgan fingerprint density at radius 1 is 1.29 bits per heavy atom. The Balaban J connectivity index is 2.10. The molecule has 2 aliphatic rings. The van der Waals surface area contributed by atoms with Gasteiger partial charge in [-0.3, -0.25) is 0 Å². The molecule has 0 bridgehead atoms. The minimum Gasteiger partial charge on any atom is -0.496 e. The molecule has 1 heterocycles. The summed E-state index contributed by atoms with van der Waals surface area (Å²) in [6.07, 6.45) is 2.33. The van der Waals surface area contributed by atoms with Crippen molar-refractivity contribution in [2.45, 2.75) is 44.4 Å². The van der Waals surface area contributed by atoms with E-state index in [4.69, 9.17) is 15.2 Å². The number of rotatable bonds is 3. The molecule has 0 spiro atoms. The zero-order valence-corrected chi connectivity index (χ0v) is 10.5. The number of ether oxygens (including phenoxy) is 2. The van der Waals surface area contributed by atoms with Crippen molar-refractivity contribution in [2.24, 2.45) is 5.73 Å². The molecule has 3 rings (SSSR count). The van der Waals surface area contributed by atoms with Gasteiger partial charge in [0, 0.05) is 17.0 Å². The minimum absolute atomic E-state index is 0.142. The summed E-state index contributed by atoms with van der Waals surface area (Å²) in [5, 5.41) is 0. The molecule has 0 amide bonds. The molecule has 1 fully saturated rings. The van der Waals surface area contributed by atoms with E-state index >= 15 is 0 Å². The summed E-state index contributed by atoms with van der Waals surface area (Å²) in [6.45, 7) is 3.52. The van der Waals surface area contributed by atoms with Gasteiger partial charge in [0.2, 0.25) is 0 Å². The summed E-state index contributed by atoms with van der Waals surface area (Å²) in [5.74, 6) is 0.976. The average Bonchev–Trinajstić information content (AvgIpc) is 3.01. The molecule has 1 atom stereocenters. The quantitative estimate of drug-likeness (QED) is 0.869. The van der Waals surface area contributed by atoms with Gasteiger partial charge < -0.3 is 15.2 Å². The van der Waals surface area contributed by atoms with E-state index in [0.717, 1.165) is 12.4 Å². The summed E-state index contributed by atoms with van der Waals surface area (Å²) >= 11 is 0. The largest absolute Gasteiger partial charge is 0.496 e. The molecule has 0 saturated heterocycles. The number of benzene rings is 1. The highest BCUT2D eigenvalue weighted by molar-refractivity contribution is 5.50. The molecule has 17 heavy (non-hydrogen) atoms. The fraction of sp³-hybridized carbons (Fsp3) is 0.571. The van der Waals surface area contributed by atoms with Crippen LogP contribution in [0.5, 0.6) is 5.75 Å². The molecule has 0 aromatic heterocycles. The van der Waals surface area contributed by atoms with Crippen LogP contribution in [0, 0.1) is 0 Å². The summed E-state index contributed by atoms with van der Waals surface area (Å²) in [7, 11) is 1.73. The van der Waals surface area contributed by atoms with Crippen molar-refractivity contribution in [2.75, 3.05) is 7.11 Å². The second kappa shape index (κ2) is 3.72. The normalized spacial score (nSPS) is 22.1. The first kappa shape index (κ1) is 11.1. The molecule has 0 radical (unpaired) electrons. The molecule has 92 valence electrons. The monoisotopic (exact) mass is 233 g/mol. The van der Waals surface area contributed by atoms with Crippen LogP contribution in [0.15, 0.2) is 12.1 Å². The van der Waals surface area contributed by atoms with Crippen LogP contribution < -0.4 is 10.5 Å². The van der Waals surface area contributed by atoms with E-state index in [1.807, 2.05) is 0 Å². The van der Waals surface area contributed by atoms with Crippen molar-refractivity contribution in [1.29, 1.82) is 0 Å². The zero-order chi connectivity index (χ0) is 12.0. The molecule has 3 heteroatoms. The van der Waals surface area contributed by atoms with Gasteiger partial charge in [0.25, 0.3) is 0 Å². The van der Waals surface area contributed by atoms with Gasteiger partial charge in [-0.1, -0.05) is 0 Å². The van der Waals surface area contributed by atoms with E-state index in [2.05, 4.69) is 19.1 Å². The number of hydrogen-bond acceptors (Lipinski definition) is 3. The maximum atomic E-state index is 6.15. The van der Waals surface area contributed by atoms with Gasteiger partial charge in [-0.15, -0.1) is 0 Å². The predicted octanol–water partition coefficient (Wildman–Crippen LogP) is 2.10. The smallest absolute Gasteiger partial charge is 0.123 e. The first-order valence-corrected chi connectivity index (χ1v) is 6.21. The molecule has 1 unspecified atom stereocenters. The van der Waals surface area contributed by atoms with E-state index in [9.17, 15) is 0 Å². The second-order valence-electron chi connectivity index (χ2n) is 5.26. The molecule has 2 N–H and O–H groups in total. The van der Waals surface area contributed by atoms with Gasteiger partial charge in [0.05, 0.1) is 20.3 Å². The number of nitrogens with two attached hydrogens (primary N) is 1. The standard InChI is InChI=1S/C14H19NO2/c1-9(15)14(3-4-14)12-5-10-7-17-8-11(10)6-13(12)16-2/h5-6,9H,3-4,7-8,15H2,1-2H3. The van der Waals surface area contributed by atoms with Crippen LogP contribution in [-0.2, 0) is 23.4 Å². The van der Waals surface area contributed by atoms with Gasteiger partial charge in [-0.25, -0.2) is 0 Å². The molecule has 1 aromatic carbocycles. The number of methoxy groups -OCH3 is 1. The van der Waals surface area contributed by atoms with E-state index in [-0.39, 0.29) is 11.5 Å². The number of hydrogen-bond donors (Lipinski definition) is 1. The zero-order valence-electron chi connectivity index (χ0n) is 10.5. The van der Waals surface area contributed by atoms with Crippen LogP contribution in [0.4, 0.5) is 0 Å². The average molecular weight is 233 g/mol. The van der Waals surface area contributed by atoms with Gasteiger partial charge in [-0.05, 0) is 43.0 Å². The molecular weight excluding hydrogens is 214 g/mol. The van der Waals surface area contributed by atoms with Crippen LogP contribution in [0.1, 0.15) is 36.5 Å². The summed E-state index contributed by atoms with van der Waals surface area (Å²) in [4.78, 5) is 0. The summed E-state index contributed by atoms with van der Waals surface area (Å²) < 4.78 is 11.0. The Labute approximate surface area is 102 Å². The first-order valence-electron chi connectivity index (χ1n) is 6.21. The van der Waals surface area contributed by atoms with E-state index < -0.39 is 0 Å². The summed E-state index contributed by atoms with van der Waals surface area (Å²) in [5.41, 5.74) is 10.1. The van der Waals surface area contributed by atoms with Crippen molar-refractivity contribution in [3.8, 4) is 5.75 Å². The molecule has 3 nitrogen and oxygen atoms in total. The van der Waals surface area contributed by atoms with Gasteiger partial charge in [0.15, 0.2) is 0 Å². The van der Waals surface area contributed by atoms with Crippen molar-refractivity contribution in [1.82, 2.24) is 0 Å². The Morgan fingerprint density at radius 2 is 1.94 bits per heavy atom. The third-order valence-corrected chi connectivity index (χ3v) is 4.23. The predicted molar refractivity (Wildman–Crippen MR) is 66.0 cm³/mol. The first-order chi connectivity index (χ1) is 8.17. The van der Waals surface area contributed by atoms with Crippen LogP contribution in [0.2, 0.25) is 0 Å². The summed E-state index contributed by atoms with van der Waals surface area (Å²) in [6, 6.07) is 4.55. The lowest BCUT2D eigenvalue weighted by Gasteiger charge is -2.23. The van der Waals surface area contributed by atoms with Gasteiger partial charge in [0.1, 0.15) is 5.75 Å². The van der Waals surface area contributed by atoms with Crippen molar-refractivity contribution < 1.29 is 9.47 Å². The molecule has 1 aliphatic heterocycles. The highest BCUT2D eigenvalue weighted by atomic mass is 16.5. The second-order valence-corrected chi connectivity index (χ2v) is 5.26. The van der Waals surface area contributed by atoms with Crippen LogP contribution in [0.3, 0.4) is 0 Å². The maximum Gasteiger partial charge on any atom is 0.123 e. The van der Waals surface area contributed by atoms with Crippen molar-refractivity contribution >= 4 is 0 Å². The fourth-order valence-corrected chi connectivity index (χ4v) is 2.87. The van der Waals surface area contributed by atoms with E-state index in [1.54, 1.807) is 7.11 Å². The number of fused-ring (bicyclic) bond motifs is 1.